The van der Waals surface area contributed by atoms with Gasteiger partial charge in [-0.05, 0) is 50.1 Å². The highest BCUT2D eigenvalue weighted by atomic mass is 15.1. The SMILES string of the molecule is CC1(C)CCCC(CN2CCCCCC2)C1N. The quantitative estimate of drug-likeness (QED) is 0.801. The van der Waals surface area contributed by atoms with Crippen LogP contribution in [0.2, 0.25) is 0 Å². The predicted octanol–water partition coefficient (Wildman–Crippen LogP) is 3.02. The van der Waals surface area contributed by atoms with E-state index in [1.165, 1.54) is 64.6 Å². The summed E-state index contributed by atoms with van der Waals surface area (Å²) in [6.07, 6.45) is 9.68. The molecule has 2 rings (SSSR count). The van der Waals surface area contributed by atoms with Crippen LogP contribution in [0.25, 0.3) is 0 Å². The first kappa shape index (κ1) is 13.4. The van der Waals surface area contributed by atoms with Gasteiger partial charge in [0, 0.05) is 12.6 Å². The lowest BCUT2D eigenvalue weighted by Gasteiger charge is -2.43. The van der Waals surface area contributed by atoms with Gasteiger partial charge < -0.3 is 10.6 Å². The Bertz CT molecular complexity index is 229. The van der Waals surface area contributed by atoms with Gasteiger partial charge in [-0.3, -0.25) is 0 Å². The topological polar surface area (TPSA) is 29.3 Å². The third-order valence-corrected chi connectivity index (χ3v) is 5.00. The molecule has 2 fully saturated rings. The summed E-state index contributed by atoms with van der Waals surface area (Å²) in [7, 11) is 0. The lowest BCUT2D eigenvalue weighted by Crippen LogP contribution is -2.50. The second kappa shape index (κ2) is 5.71. The van der Waals surface area contributed by atoms with Crippen LogP contribution >= 0.6 is 0 Å². The normalized spacial score (nSPS) is 35.5. The Morgan fingerprint density at radius 3 is 2.35 bits per heavy atom. The molecule has 2 N–H and O–H groups in total. The molecule has 1 heterocycles. The molecular formula is C15H30N2. The van der Waals surface area contributed by atoms with Gasteiger partial charge in [0.2, 0.25) is 0 Å². The summed E-state index contributed by atoms with van der Waals surface area (Å²) in [5, 5.41) is 0. The smallest absolute Gasteiger partial charge is 0.0131 e. The maximum atomic E-state index is 6.49. The average molecular weight is 238 g/mol. The third-order valence-electron chi connectivity index (χ3n) is 5.00. The highest BCUT2D eigenvalue weighted by Crippen LogP contribution is 2.38. The van der Waals surface area contributed by atoms with Crippen LogP contribution < -0.4 is 5.73 Å². The highest BCUT2D eigenvalue weighted by molar-refractivity contribution is 4.92. The molecule has 1 aliphatic heterocycles. The van der Waals surface area contributed by atoms with Crippen LogP contribution in [-0.2, 0) is 0 Å². The zero-order chi connectivity index (χ0) is 12.3. The van der Waals surface area contributed by atoms with Crippen molar-refractivity contribution in [2.75, 3.05) is 19.6 Å². The second-order valence-corrected chi connectivity index (χ2v) is 6.88. The van der Waals surface area contributed by atoms with Crippen LogP contribution in [0.15, 0.2) is 0 Å². The van der Waals surface area contributed by atoms with Crippen molar-refractivity contribution in [3.05, 3.63) is 0 Å². The molecule has 0 aromatic carbocycles. The first-order valence-electron chi connectivity index (χ1n) is 7.57. The number of hydrogen-bond acceptors (Lipinski definition) is 2. The number of hydrogen-bond donors (Lipinski definition) is 1. The van der Waals surface area contributed by atoms with Crippen molar-refractivity contribution in [2.24, 2.45) is 17.1 Å². The summed E-state index contributed by atoms with van der Waals surface area (Å²) in [4.78, 5) is 2.68. The molecular weight excluding hydrogens is 208 g/mol. The van der Waals surface area contributed by atoms with Crippen LogP contribution in [-0.4, -0.2) is 30.6 Å². The van der Waals surface area contributed by atoms with Crippen molar-refractivity contribution in [3.63, 3.8) is 0 Å². The van der Waals surface area contributed by atoms with Gasteiger partial charge in [-0.1, -0.05) is 33.1 Å². The Morgan fingerprint density at radius 2 is 1.71 bits per heavy atom. The Balaban J connectivity index is 1.88. The van der Waals surface area contributed by atoms with Crippen molar-refractivity contribution >= 4 is 0 Å². The first-order valence-corrected chi connectivity index (χ1v) is 7.57. The number of nitrogens with two attached hydrogens (primary N) is 1. The van der Waals surface area contributed by atoms with Gasteiger partial charge in [-0.15, -0.1) is 0 Å². The van der Waals surface area contributed by atoms with Gasteiger partial charge in [-0.2, -0.15) is 0 Å². The standard InChI is InChI=1S/C15H30N2/c1-15(2)9-7-8-13(14(15)16)12-17-10-5-3-4-6-11-17/h13-14H,3-12,16H2,1-2H3. The maximum absolute atomic E-state index is 6.49. The molecule has 0 aromatic heterocycles. The molecule has 2 heteroatoms. The zero-order valence-electron chi connectivity index (χ0n) is 11.8. The lowest BCUT2D eigenvalue weighted by atomic mass is 9.68. The van der Waals surface area contributed by atoms with E-state index in [0.717, 1.165) is 5.92 Å². The molecule has 2 nitrogen and oxygen atoms in total. The van der Waals surface area contributed by atoms with E-state index in [1.807, 2.05) is 0 Å². The van der Waals surface area contributed by atoms with Gasteiger partial charge in [0.15, 0.2) is 0 Å². The first-order chi connectivity index (χ1) is 8.09. The molecule has 1 saturated heterocycles. The second-order valence-electron chi connectivity index (χ2n) is 6.88. The minimum Gasteiger partial charge on any atom is -0.327 e. The molecule has 0 aromatic rings. The van der Waals surface area contributed by atoms with E-state index < -0.39 is 0 Å². The fraction of sp³-hybridized carbons (Fsp3) is 1.00. The predicted molar refractivity (Wildman–Crippen MR) is 74.0 cm³/mol. The number of rotatable bonds is 2. The number of likely N-dealkylation sites (tertiary alicyclic amines) is 1. The Labute approximate surface area is 107 Å². The summed E-state index contributed by atoms with van der Waals surface area (Å²) >= 11 is 0. The van der Waals surface area contributed by atoms with E-state index in [1.54, 1.807) is 0 Å². The fourth-order valence-electron chi connectivity index (χ4n) is 3.66. The third kappa shape index (κ3) is 3.45. The van der Waals surface area contributed by atoms with E-state index >= 15 is 0 Å². The van der Waals surface area contributed by atoms with Crippen molar-refractivity contribution in [1.82, 2.24) is 4.90 Å². The van der Waals surface area contributed by atoms with Crippen LogP contribution in [0.3, 0.4) is 0 Å². The summed E-state index contributed by atoms with van der Waals surface area (Å²) in [6, 6.07) is 0.402. The van der Waals surface area contributed by atoms with Crippen molar-refractivity contribution < 1.29 is 0 Å². The van der Waals surface area contributed by atoms with E-state index in [-0.39, 0.29) is 0 Å². The molecule has 17 heavy (non-hydrogen) atoms. The molecule has 0 amide bonds. The molecule has 0 radical (unpaired) electrons. The average Bonchev–Trinajstić information content (AvgIpc) is 2.53. The summed E-state index contributed by atoms with van der Waals surface area (Å²) < 4.78 is 0. The molecule has 0 bridgehead atoms. The van der Waals surface area contributed by atoms with Crippen LogP contribution in [0.5, 0.6) is 0 Å². The van der Waals surface area contributed by atoms with Crippen molar-refractivity contribution in [2.45, 2.75) is 64.8 Å². The summed E-state index contributed by atoms with van der Waals surface area (Å²) in [5.41, 5.74) is 6.84. The summed E-state index contributed by atoms with van der Waals surface area (Å²) in [6.45, 7) is 8.58. The number of nitrogens with zero attached hydrogens (tertiary/aromatic N) is 1. The highest BCUT2D eigenvalue weighted by Gasteiger charge is 2.36. The van der Waals surface area contributed by atoms with Gasteiger partial charge in [0.05, 0.1) is 0 Å². The van der Waals surface area contributed by atoms with Crippen LogP contribution in [0.1, 0.15) is 58.8 Å². The van der Waals surface area contributed by atoms with Crippen molar-refractivity contribution in [3.8, 4) is 0 Å². The largest absolute Gasteiger partial charge is 0.327 e. The molecule has 2 atom stereocenters. The van der Waals surface area contributed by atoms with Gasteiger partial charge in [-0.25, -0.2) is 0 Å². The zero-order valence-corrected chi connectivity index (χ0v) is 11.8. The monoisotopic (exact) mass is 238 g/mol. The van der Waals surface area contributed by atoms with Gasteiger partial charge >= 0.3 is 0 Å². The molecule has 1 aliphatic carbocycles. The van der Waals surface area contributed by atoms with E-state index in [4.69, 9.17) is 5.73 Å². The van der Waals surface area contributed by atoms with Crippen molar-refractivity contribution in [1.29, 1.82) is 0 Å². The van der Waals surface area contributed by atoms with E-state index in [0.29, 0.717) is 11.5 Å². The van der Waals surface area contributed by atoms with Gasteiger partial charge in [0.1, 0.15) is 0 Å². The maximum Gasteiger partial charge on any atom is 0.0131 e. The fourth-order valence-corrected chi connectivity index (χ4v) is 3.66. The Kier molecular flexibility index (Phi) is 4.48. The Hall–Kier alpha value is -0.0800. The van der Waals surface area contributed by atoms with Crippen LogP contribution in [0.4, 0.5) is 0 Å². The molecule has 1 saturated carbocycles. The van der Waals surface area contributed by atoms with Crippen LogP contribution in [0, 0.1) is 11.3 Å². The van der Waals surface area contributed by atoms with Gasteiger partial charge in [0.25, 0.3) is 0 Å². The lowest BCUT2D eigenvalue weighted by molar-refractivity contribution is 0.103. The van der Waals surface area contributed by atoms with E-state index in [2.05, 4.69) is 18.7 Å². The molecule has 100 valence electrons. The van der Waals surface area contributed by atoms with E-state index in [9.17, 15) is 0 Å². The summed E-state index contributed by atoms with van der Waals surface area (Å²) in [5.74, 6) is 0.733. The molecule has 2 unspecified atom stereocenters. The minimum atomic E-state index is 0.356. The molecule has 2 aliphatic rings. The Morgan fingerprint density at radius 1 is 1.06 bits per heavy atom. The molecule has 0 spiro atoms. The minimum absolute atomic E-state index is 0.356.